The second kappa shape index (κ2) is 8.60. The van der Waals surface area contributed by atoms with E-state index < -0.39 is 5.63 Å². The van der Waals surface area contributed by atoms with Gasteiger partial charge in [0.05, 0.1) is 11.7 Å². The van der Waals surface area contributed by atoms with Crippen molar-refractivity contribution in [1.29, 1.82) is 0 Å². The minimum Gasteiger partial charge on any atom is -0.422 e. The van der Waals surface area contributed by atoms with Gasteiger partial charge in [0.1, 0.15) is 17.5 Å². The maximum absolute atomic E-state index is 12.5. The molecule has 7 nitrogen and oxygen atoms in total. The Balaban J connectivity index is 1.39. The number of piperidine rings is 1. The van der Waals surface area contributed by atoms with Gasteiger partial charge in [0.15, 0.2) is 0 Å². The van der Waals surface area contributed by atoms with Crippen molar-refractivity contribution in [2.45, 2.75) is 40.2 Å². The van der Waals surface area contributed by atoms with Crippen molar-refractivity contribution in [3.05, 3.63) is 40.4 Å². The predicted molar refractivity (Wildman–Crippen MR) is 118 cm³/mol. The molecule has 160 valence electrons. The van der Waals surface area contributed by atoms with Gasteiger partial charge < -0.3 is 14.6 Å². The molecule has 1 amide bonds. The molecule has 3 heterocycles. The van der Waals surface area contributed by atoms with Crippen LogP contribution in [-0.4, -0.2) is 46.8 Å². The fraction of sp³-hybridized carbons (Fsp3) is 0.522. The topological polar surface area (TPSA) is 80.4 Å². The number of nitrogens with one attached hydrogen (secondary N) is 1. The molecule has 30 heavy (non-hydrogen) atoms. The molecule has 1 aliphatic rings. The maximum Gasteiger partial charge on any atom is 0.347 e. The van der Waals surface area contributed by atoms with Crippen LogP contribution in [0.1, 0.15) is 32.3 Å². The molecule has 0 spiro atoms. The van der Waals surface area contributed by atoms with E-state index in [9.17, 15) is 9.59 Å². The standard InChI is InChI=1S/C23H30N4O3/c1-15-5-6-20-18(10-15)22-19(23(29)30-20)11-25-27(22)14-21(28)24-7-4-8-26-12-16(2)9-17(3)13-26/h5-6,10-11,16-17H,4,7-9,12-14H2,1-3H3,(H,24,28)/t16-,17+. The van der Waals surface area contributed by atoms with Crippen molar-refractivity contribution in [2.75, 3.05) is 26.2 Å². The van der Waals surface area contributed by atoms with Crippen LogP contribution in [0.25, 0.3) is 21.9 Å². The lowest BCUT2D eigenvalue weighted by atomic mass is 9.92. The number of hydrogen-bond donors (Lipinski definition) is 1. The third-order valence-corrected chi connectivity index (χ3v) is 5.86. The first-order valence-corrected chi connectivity index (χ1v) is 10.8. The van der Waals surface area contributed by atoms with Crippen LogP contribution in [0.5, 0.6) is 0 Å². The molecule has 1 aromatic carbocycles. The molecule has 3 aromatic rings. The van der Waals surface area contributed by atoms with Crippen LogP contribution >= 0.6 is 0 Å². The molecule has 1 aliphatic heterocycles. The van der Waals surface area contributed by atoms with Gasteiger partial charge in [0.25, 0.3) is 0 Å². The summed E-state index contributed by atoms with van der Waals surface area (Å²) >= 11 is 0. The van der Waals surface area contributed by atoms with E-state index in [0.717, 1.165) is 48.8 Å². The Morgan fingerprint density at radius 1 is 1.23 bits per heavy atom. The van der Waals surface area contributed by atoms with Crippen LogP contribution in [0.3, 0.4) is 0 Å². The predicted octanol–water partition coefficient (Wildman–Crippen LogP) is 2.94. The van der Waals surface area contributed by atoms with Gasteiger partial charge in [-0.1, -0.05) is 25.5 Å². The Hall–Kier alpha value is -2.67. The third-order valence-electron chi connectivity index (χ3n) is 5.86. The first kappa shape index (κ1) is 20.6. The van der Waals surface area contributed by atoms with Gasteiger partial charge in [-0.3, -0.25) is 9.48 Å². The summed E-state index contributed by atoms with van der Waals surface area (Å²) < 4.78 is 6.98. The van der Waals surface area contributed by atoms with Crippen LogP contribution in [-0.2, 0) is 11.3 Å². The van der Waals surface area contributed by atoms with Crippen LogP contribution in [0.4, 0.5) is 0 Å². The second-order valence-electron chi connectivity index (χ2n) is 8.86. The molecule has 2 atom stereocenters. The molecule has 1 N–H and O–H groups in total. The van der Waals surface area contributed by atoms with Gasteiger partial charge in [-0.25, -0.2) is 4.79 Å². The average molecular weight is 411 g/mol. The van der Waals surface area contributed by atoms with Gasteiger partial charge in [0.2, 0.25) is 5.91 Å². The summed E-state index contributed by atoms with van der Waals surface area (Å²) in [7, 11) is 0. The van der Waals surface area contributed by atoms with Crippen molar-refractivity contribution >= 4 is 27.8 Å². The normalized spacial score (nSPS) is 20.1. The van der Waals surface area contributed by atoms with E-state index in [2.05, 4.69) is 29.2 Å². The highest BCUT2D eigenvalue weighted by Gasteiger charge is 2.21. The van der Waals surface area contributed by atoms with E-state index in [0.29, 0.717) is 23.0 Å². The first-order valence-electron chi connectivity index (χ1n) is 10.8. The summed E-state index contributed by atoms with van der Waals surface area (Å²) in [5.41, 5.74) is 1.77. The number of aryl methyl sites for hydroxylation is 1. The number of nitrogens with zero attached hydrogens (tertiary/aromatic N) is 3. The summed E-state index contributed by atoms with van der Waals surface area (Å²) in [6.07, 6.45) is 3.71. The zero-order valence-electron chi connectivity index (χ0n) is 18.0. The molecule has 7 heteroatoms. The Morgan fingerprint density at radius 2 is 2.00 bits per heavy atom. The highest BCUT2D eigenvalue weighted by atomic mass is 16.4. The number of carbonyl (C=O) groups is 1. The average Bonchev–Trinajstić information content (AvgIpc) is 3.10. The van der Waals surface area contributed by atoms with Gasteiger partial charge in [0, 0.05) is 25.0 Å². The van der Waals surface area contributed by atoms with E-state index >= 15 is 0 Å². The summed E-state index contributed by atoms with van der Waals surface area (Å²) in [5, 5.41) is 8.47. The first-order chi connectivity index (χ1) is 14.4. The SMILES string of the molecule is Cc1ccc2oc(=O)c3cnn(CC(=O)NCCCN4C[C@H](C)C[C@H](C)C4)c3c2c1. The van der Waals surface area contributed by atoms with Gasteiger partial charge in [-0.05, 0) is 50.3 Å². The van der Waals surface area contributed by atoms with Crippen molar-refractivity contribution in [3.63, 3.8) is 0 Å². The minimum absolute atomic E-state index is 0.0772. The maximum atomic E-state index is 12.5. The summed E-state index contributed by atoms with van der Waals surface area (Å²) in [6, 6.07) is 5.64. The number of benzene rings is 1. The smallest absolute Gasteiger partial charge is 0.347 e. The summed E-state index contributed by atoms with van der Waals surface area (Å²) in [4.78, 5) is 27.3. The van der Waals surface area contributed by atoms with Crippen LogP contribution in [0, 0.1) is 18.8 Å². The van der Waals surface area contributed by atoms with E-state index in [1.54, 1.807) is 10.7 Å². The van der Waals surface area contributed by atoms with Crippen molar-refractivity contribution in [2.24, 2.45) is 11.8 Å². The number of hydrogen-bond acceptors (Lipinski definition) is 5. The molecule has 0 saturated carbocycles. The van der Waals surface area contributed by atoms with E-state index in [1.165, 1.54) is 12.6 Å². The van der Waals surface area contributed by atoms with E-state index in [-0.39, 0.29) is 12.5 Å². The molecule has 0 aliphatic carbocycles. The minimum atomic E-state index is -0.432. The van der Waals surface area contributed by atoms with Crippen LogP contribution in [0.2, 0.25) is 0 Å². The highest BCUT2D eigenvalue weighted by Crippen LogP contribution is 2.24. The monoisotopic (exact) mass is 410 g/mol. The number of carbonyl (C=O) groups excluding carboxylic acids is 1. The van der Waals surface area contributed by atoms with Crippen molar-refractivity contribution in [1.82, 2.24) is 20.0 Å². The number of rotatable bonds is 6. The second-order valence-corrected chi connectivity index (χ2v) is 8.86. The van der Waals surface area contributed by atoms with E-state index in [1.807, 2.05) is 19.1 Å². The quantitative estimate of drug-likeness (QED) is 0.499. The summed E-state index contributed by atoms with van der Waals surface area (Å²) in [6.45, 7) is 10.6. The Labute approximate surface area is 176 Å². The summed E-state index contributed by atoms with van der Waals surface area (Å²) in [5.74, 6) is 1.38. The number of aromatic nitrogens is 2. The Bertz CT molecular complexity index is 1110. The molecule has 1 saturated heterocycles. The fourth-order valence-corrected chi connectivity index (χ4v) is 4.71. The fourth-order valence-electron chi connectivity index (χ4n) is 4.71. The lowest BCUT2D eigenvalue weighted by molar-refractivity contribution is -0.121. The molecule has 0 radical (unpaired) electrons. The largest absolute Gasteiger partial charge is 0.422 e. The Morgan fingerprint density at radius 3 is 2.77 bits per heavy atom. The molecule has 2 aromatic heterocycles. The lowest BCUT2D eigenvalue weighted by Gasteiger charge is -2.34. The third kappa shape index (κ3) is 4.41. The van der Waals surface area contributed by atoms with Gasteiger partial charge in [-0.2, -0.15) is 5.10 Å². The molecule has 1 fully saturated rings. The molecule has 0 bridgehead atoms. The van der Waals surface area contributed by atoms with Crippen LogP contribution in [0.15, 0.2) is 33.6 Å². The molecule has 0 unspecified atom stereocenters. The van der Waals surface area contributed by atoms with Gasteiger partial charge >= 0.3 is 5.63 Å². The van der Waals surface area contributed by atoms with E-state index in [4.69, 9.17) is 4.42 Å². The zero-order valence-corrected chi connectivity index (χ0v) is 18.0. The molecule has 4 rings (SSSR count). The van der Waals surface area contributed by atoms with Gasteiger partial charge in [-0.15, -0.1) is 0 Å². The number of amides is 1. The number of fused-ring (bicyclic) bond motifs is 3. The number of likely N-dealkylation sites (tertiary alicyclic amines) is 1. The molecular formula is C23H30N4O3. The van der Waals surface area contributed by atoms with Crippen LogP contribution < -0.4 is 10.9 Å². The highest BCUT2D eigenvalue weighted by molar-refractivity contribution is 6.02. The Kier molecular flexibility index (Phi) is 5.90. The molecular weight excluding hydrogens is 380 g/mol. The van der Waals surface area contributed by atoms with Crippen molar-refractivity contribution in [3.8, 4) is 0 Å². The zero-order chi connectivity index (χ0) is 21.3. The van der Waals surface area contributed by atoms with Crippen molar-refractivity contribution < 1.29 is 9.21 Å². The lowest BCUT2D eigenvalue weighted by Crippen LogP contribution is -2.40.